The lowest BCUT2D eigenvalue weighted by atomic mass is 10.1. The Morgan fingerprint density at radius 1 is 1.29 bits per heavy atom. The van der Waals surface area contributed by atoms with Crippen LogP contribution in [0.4, 0.5) is 5.69 Å². The molecule has 0 bridgehead atoms. The number of nitrogens with one attached hydrogen (secondary N) is 1. The summed E-state index contributed by atoms with van der Waals surface area (Å²) < 4.78 is 5.46. The van der Waals surface area contributed by atoms with Crippen LogP contribution in [-0.4, -0.2) is 12.5 Å². The average molecular weight is 305 g/mol. The number of rotatable bonds is 5. The number of halogens is 1. The molecule has 0 aliphatic rings. The van der Waals surface area contributed by atoms with Gasteiger partial charge in [0.05, 0.1) is 12.3 Å². The van der Waals surface area contributed by atoms with E-state index in [4.69, 9.17) is 22.1 Å². The first-order chi connectivity index (χ1) is 10.1. The summed E-state index contributed by atoms with van der Waals surface area (Å²) in [5.41, 5.74) is 7.22. The van der Waals surface area contributed by atoms with Crippen molar-refractivity contribution in [3.63, 3.8) is 0 Å². The van der Waals surface area contributed by atoms with Crippen molar-refractivity contribution >= 4 is 23.2 Å². The summed E-state index contributed by atoms with van der Waals surface area (Å²) >= 11 is 5.96. The molecule has 0 aliphatic heterocycles. The Bertz CT molecular complexity index is 617. The summed E-state index contributed by atoms with van der Waals surface area (Å²) in [5.74, 6) is 0.250. The molecule has 21 heavy (non-hydrogen) atoms. The molecule has 4 nitrogen and oxygen atoms in total. The van der Waals surface area contributed by atoms with Gasteiger partial charge in [0.25, 0.3) is 0 Å². The molecule has 0 unspecified atom stereocenters. The Morgan fingerprint density at radius 3 is 2.67 bits per heavy atom. The third-order valence-corrected chi connectivity index (χ3v) is 3.18. The molecule has 0 saturated heterocycles. The van der Waals surface area contributed by atoms with E-state index in [0.717, 1.165) is 5.56 Å². The van der Waals surface area contributed by atoms with Gasteiger partial charge in [-0.2, -0.15) is 0 Å². The van der Waals surface area contributed by atoms with Crippen LogP contribution in [-0.2, 0) is 4.79 Å². The van der Waals surface area contributed by atoms with E-state index < -0.39 is 6.04 Å². The molecule has 0 spiro atoms. The maximum atomic E-state index is 12.2. The zero-order valence-corrected chi connectivity index (χ0v) is 12.4. The molecule has 0 radical (unpaired) electrons. The van der Waals surface area contributed by atoms with Gasteiger partial charge in [-0.1, -0.05) is 41.9 Å². The topological polar surface area (TPSA) is 64.3 Å². The maximum Gasteiger partial charge on any atom is 0.245 e. The van der Waals surface area contributed by atoms with Crippen LogP contribution in [0.3, 0.4) is 0 Å². The number of carbonyl (C=O) groups is 1. The van der Waals surface area contributed by atoms with E-state index in [0.29, 0.717) is 23.1 Å². The fourth-order valence-corrected chi connectivity index (χ4v) is 2.08. The van der Waals surface area contributed by atoms with Gasteiger partial charge in [0.1, 0.15) is 11.8 Å². The van der Waals surface area contributed by atoms with Crippen molar-refractivity contribution in [3.05, 3.63) is 59.1 Å². The first-order valence-corrected chi connectivity index (χ1v) is 7.03. The SMILES string of the molecule is CCOc1ccc(Cl)cc1NC(=O)[C@@H](N)c1ccccc1. The van der Waals surface area contributed by atoms with Gasteiger partial charge in [0.2, 0.25) is 5.91 Å². The van der Waals surface area contributed by atoms with Gasteiger partial charge in [0, 0.05) is 5.02 Å². The molecule has 2 aromatic carbocycles. The zero-order chi connectivity index (χ0) is 15.2. The van der Waals surface area contributed by atoms with Gasteiger partial charge in [-0.25, -0.2) is 0 Å². The molecule has 110 valence electrons. The zero-order valence-electron chi connectivity index (χ0n) is 11.7. The van der Waals surface area contributed by atoms with Gasteiger partial charge < -0.3 is 15.8 Å². The van der Waals surface area contributed by atoms with Crippen molar-refractivity contribution < 1.29 is 9.53 Å². The molecular weight excluding hydrogens is 288 g/mol. The first-order valence-electron chi connectivity index (χ1n) is 6.65. The quantitative estimate of drug-likeness (QED) is 0.890. The van der Waals surface area contributed by atoms with Crippen LogP contribution in [0.1, 0.15) is 18.5 Å². The number of nitrogens with two attached hydrogens (primary N) is 1. The molecule has 0 aliphatic carbocycles. The van der Waals surface area contributed by atoms with Crippen LogP contribution in [0.5, 0.6) is 5.75 Å². The third kappa shape index (κ3) is 3.97. The molecule has 0 fully saturated rings. The van der Waals surface area contributed by atoms with E-state index in [1.807, 2.05) is 37.3 Å². The van der Waals surface area contributed by atoms with Crippen LogP contribution < -0.4 is 15.8 Å². The molecule has 3 N–H and O–H groups in total. The second-order valence-corrected chi connectivity index (χ2v) is 4.89. The lowest BCUT2D eigenvalue weighted by Gasteiger charge is -2.15. The first kappa shape index (κ1) is 15.4. The van der Waals surface area contributed by atoms with Crippen LogP contribution in [0.15, 0.2) is 48.5 Å². The van der Waals surface area contributed by atoms with Crippen molar-refractivity contribution in [2.45, 2.75) is 13.0 Å². The largest absolute Gasteiger partial charge is 0.492 e. The number of anilines is 1. The monoisotopic (exact) mass is 304 g/mol. The minimum atomic E-state index is -0.750. The number of hydrogen-bond donors (Lipinski definition) is 2. The summed E-state index contributed by atoms with van der Waals surface area (Å²) in [7, 11) is 0. The second kappa shape index (κ2) is 7.11. The Hall–Kier alpha value is -2.04. The van der Waals surface area contributed by atoms with E-state index >= 15 is 0 Å². The van der Waals surface area contributed by atoms with Crippen molar-refractivity contribution in [2.75, 3.05) is 11.9 Å². The molecule has 2 rings (SSSR count). The lowest BCUT2D eigenvalue weighted by molar-refractivity contribution is -0.117. The van der Waals surface area contributed by atoms with Crippen LogP contribution >= 0.6 is 11.6 Å². The Morgan fingerprint density at radius 2 is 2.00 bits per heavy atom. The Labute approximate surface area is 128 Å². The highest BCUT2D eigenvalue weighted by Gasteiger charge is 2.17. The minimum Gasteiger partial charge on any atom is -0.492 e. The van der Waals surface area contributed by atoms with Crippen LogP contribution in [0, 0.1) is 0 Å². The number of carbonyl (C=O) groups excluding carboxylic acids is 1. The summed E-state index contributed by atoms with van der Waals surface area (Å²) in [4.78, 5) is 12.2. The average Bonchev–Trinajstić information content (AvgIpc) is 2.50. The molecule has 0 heterocycles. The molecule has 1 atom stereocenters. The molecular formula is C16H17ClN2O2. The highest BCUT2D eigenvalue weighted by molar-refractivity contribution is 6.31. The summed E-state index contributed by atoms with van der Waals surface area (Å²) in [6, 6.07) is 13.5. The summed E-state index contributed by atoms with van der Waals surface area (Å²) in [6.45, 7) is 2.37. The number of amides is 1. The highest BCUT2D eigenvalue weighted by atomic mass is 35.5. The number of benzene rings is 2. The normalized spacial score (nSPS) is 11.8. The Kier molecular flexibility index (Phi) is 5.20. The number of ether oxygens (including phenoxy) is 1. The molecule has 1 amide bonds. The predicted octanol–water partition coefficient (Wildman–Crippen LogP) is 3.38. The van der Waals surface area contributed by atoms with Gasteiger partial charge in [-0.15, -0.1) is 0 Å². The highest BCUT2D eigenvalue weighted by Crippen LogP contribution is 2.28. The molecule has 0 saturated carbocycles. The maximum absolute atomic E-state index is 12.2. The second-order valence-electron chi connectivity index (χ2n) is 4.45. The van der Waals surface area contributed by atoms with E-state index in [1.54, 1.807) is 18.2 Å². The molecule has 5 heteroatoms. The summed E-state index contributed by atoms with van der Waals surface area (Å²) in [6.07, 6.45) is 0. The fraction of sp³-hybridized carbons (Fsp3) is 0.188. The Balaban J connectivity index is 2.17. The third-order valence-electron chi connectivity index (χ3n) is 2.94. The number of hydrogen-bond acceptors (Lipinski definition) is 3. The van der Waals surface area contributed by atoms with Crippen LogP contribution in [0.25, 0.3) is 0 Å². The van der Waals surface area contributed by atoms with Gasteiger partial charge in [0.15, 0.2) is 0 Å². The van der Waals surface area contributed by atoms with Crippen molar-refractivity contribution in [3.8, 4) is 5.75 Å². The smallest absolute Gasteiger partial charge is 0.245 e. The predicted molar refractivity (Wildman–Crippen MR) is 84.6 cm³/mol. The molecule has 2 aromatic rings. The molecule has 0 aromatic heterocycles. The van der Waals surface area contributed by atoms with Gasteiger partial charge >= 0.3 is 0 Å². The van der Waals surface area contributed by atoms with Crippen molar-refractivity contribution in [1.82, 2.24) is 0 Å². The minimum absolute atomic E-state index is 0.315. The van der Waals surface area contributed by atoms with Crippen molar-refractivity contribution in [2.24, 2.45) is 5.73 Å². The van der Waals surface area contributed by atoms with E-state index in [9.17, 15) is 4.79 Å². The van der Waals surface area contributed by atoms with Gasteiger partial charge in [-0.3, -0.25) is 4.79 Å². The standard InChI is InChI=1S/C16H17ClN2O2/c1-2-21-14-9-8-12(17)10-13(14)19-16(20)15(18)11-6-4-3-5-7-11/h3-10,15H,2,18H2,1H3,(H,19,20)/t15-/m0/s1. The van der Waals surface area contributed by atoms with E-state index in [-0.39, 0.29) is 5.91 Å². The van der Waals surface area contributed by atoms with E-state index in [1.165, 1.54) is 0 Å². The van der Waals surface area contributed by atoms with E-state index in [2.05, 4.69) is 5.32 Å². The van der Waals surface area contributed by atoms with Crippen molar-refractivity contribution in [1.29, 1.82) is 0 Å². The fourth-order valence-electron chi connectivity index (χ4n) is 1.90. The van der Waals surface area contributed by atoms with Gasteiger partial charge in [-0.05, 0) is 30.7 Å². The lowest BCUT2D eigenvalue weighted by Crippen LogP contribution is -2.27. The summed E-state index contributed by atoms with van der Waals surface area (Å²) in [5, 5.41) is 3.28. The van der Waals surface area contributed by atoms with Crippen LogP contribution in [0.2, 0.25) is 5.02 Å².